The predicted octanol–water partition coefficient (Wildman–Crippen LogP) is 1.45. The summed E-state index contributed by atoms with van der Waals surface area (Å²) in [7, 11) is 0. The molecule has 2 amide bonds. The number of carboxylic acid groups (broad SMARTS) is 1. The van der Waals surface area contributed by atoms with E-state index >= 15 is 0 Å². The molecule has 5 N–H and O–H groups in total. The van der Waals surface area contributed by atoms with Gasteiger partial charge in [0.05, 0.1) is 0 Å². The van der Waals surface area contributed by atoms with Crippen molar-refractivity contribution < 1.29 is 14.7 Å². The van der Waals surface area contributed by atoms with Crippen LogP contribution in [0.25, 0.3) is 0 Å². The van der Waals surface area contributed by atoms with Crippen LogP contribution in [0.15, 0.2) is 24.3 Å². The van der Waals surface area contributed by atoms with Crippen molar-refractivity contribution in [2.45, 2.75) is 19.4 Å². The van der Waals surface area contributed by atoms with Crippen molar-refractivity contribution in [2.24, 2.45) is 5.73 Å². The zero-order chi connectivity index (χ0) is 12.8. The van der Waals surface area contributed by atoms with Gasteiger partial charge in [0.15, 0.2) is 0 Å². The highest BCUT2D eigenvalue weighted by Crippen LogP contribution is 2.15. The first kappa shape index (κ1) is 12.8. The van der Waals surface area contributed by atoms with Crippen molar-refractivity contribution in [3.63, 3.8) is 0 Å². The number of hydrogen-bond donors (Lipinski definition) is 4. The van der Waals surface area contributed by atoms with E-state index in [9.17, 15) is 9.59 Å². The summed E-state index contributed by atoms with van der Waals surface area (Å²) in [6.07, 6.45) is 0.483. The molecule has 0 aliphatic heterocycles. The second kappa shape index (κ2) is 5.74. The van der Waals surface area contributed by atoms with Gasteiger partial charge >= 0.3 is 12.0 Å². The van der Waals surface area contributed by atoms with Crippen molar-refractivity contribution in [1.82, 2.24) is 0 Å². The third-order valence-corrected chi connectivity index (χ3v) is 2.20. The molecule has 1 unspecified atom stereocenters. The number of urea groups is 1. The molecule has 1 rings (SSSR count). The summed E-state index contributed by atoms with van der Waals surface area (Å²) in [6, 6.07) is 5.38. The number of carbonyl (C=O) groups is 2. The number of anilines is 2. The van der Waals surface area contributed by atoms with Crippen LogP contribution in [0.5, 0.6) is 0 Å². The van der Waals surface area contributed by atoms with Gasteiger partial charge in [-0.25, -0.2) is 9.59 Å². The summed E-state index contributed by atoms with van der Waals surface area (Å²) in [5, 5.41) is 14.2. The van der Waals surface area contributed by atoms with Crippen LogP contribution in [0.2, 0.25) is 0 Å². The van der Waals surface area contributed by atoms with Crippen LogP contribution in [0.4, 0.5) is 16.2 Å². The van der Waals surface area contributed by atoms with Crippen LogP contribution < -0.4 is 16.4 Å². The highest BCUT2D eigenvalue weighted by atomic mass is 16.4. The number of rotatable bonds is 5. The number of nitrogens with one attached hydrogen (secondary N) is 2. The number of hydrogen-bond acceptors (Lipinski definition) is 3. The van der Waals surface area contributed by atoms with Gasteiger partial charge in [-0.2, -0.15) is 0 Å². The van der Waals surface area contributed by atoms with Gasteiger partial charge in [0.2, 0.25) is 0 Å². The second-order valence-corrected chi connectivity index (χ2v) is 3.51. The largest absolute Gasteiger partial charge is 0.480 e. The lowest BCUT2D eigenvalue weighted by Gasteiger charge is -2.13. The second-order valence-electron chi connectivity index (χ2n) is 3.51. The average Bonchev–Trinajstić information content (AvgIpc) is 2.26. The molecular weight excluding hydrogens is 222 g/mol. The molecule has 1 aromatic rings. The maximum atomic E-state index is 10.8. The molecule has 6 nitrogen and oxygen atoms in total. The van der Waals surface area contributed by atoms with Crippen LogP contribution in [-0.4, -0.2) is 23.1 Å². The highest BCUT2D eigenvalue weighted by molar-refractivity contribution is 5.88. The fourth-order valence-corrected chi connectivity index (χ4v) is 1.33. The Balaban J connectivity index is 2.67. The van der Waals surface area contributed by atoms with Crippen LogP contribution in [0.3, 0.4) is 0 Å². The molecule has 92 valence electrons. The Kier molecular flexibility index (Phi) is 4.33. The Bertz CT molecular complexity index is 403. The summed E-state index contributed by atoms with van der Waals surface area (Å²) in [6.45, 7) is 1.79. The van der Waals surface area contributed by atoms with Crippen LogP contribution in [0.1, 0.15) is 13.3 Å². The lowest BCUT2D eigenvalue weighted by molar-refractivity contribution is -0.137. The van der Waals surface area contributed by atoms with Crippen molar-refractivity contribution in [2.75, 3.05) is 10.6 Å². The summed E-state index contributed by atoms with van der Waals surface area (Å²) in [5.41, 5.74) is 6.20. The van der Waals surface area contributed by atoms with Crippen molar-refractivity contribution in [1.29, 1.82) is 0 Å². The lowest BCUT2D eigenvalue weighted by Crippen LogP contribution is -2.28. The van der Waals surface area contributed by atoms with E-state index in [1.54, 1.807) is 31.2 Å². The number of carbonyl (C=O) groups excluding carboxylic acids is 1. The quantitative estimate of drug-likeness (QED) is 0.622. The van der Waals surface area contributed by atoms with Gasteiger partial charge in [-0.05, 0) is 30.7 Å². The molecule has 0 saturated carbocycles. The highest BCUT2D eigenvalue weighted by Gasteiger charge is 2.13. The minimum absolute atomic E-state index is 0.483. The van der Waals surface area contributed by atoms with Gasteiger partial charge in [-0.1, -0.05) is 6.92 Å². The number of nitrogens with two attached hydrogens (primary N) is 1. The maximum Gasteiger partial charge on any atom is 0.326 e. The van der Waals surface area contributed by atoms with Crippen molar-refractivity contribution >= 4 is 23.4 Å². The molecule has 0 spiro atoms. The van der Waals surface area contributed by atoms with Gasteiger partial charge in [0, 0.05) is 11.4 Å². The van der Waals surface area contributed by atoms with E-state index in [2.05, 4.69) is 10.6 Å². The molecule has 0 aromatic heterocycles. The molecule has 0 radical (unpaired) electrons. The first-order chi connectivity index (χ1) is 8.02. The minimum Gasteiger partial charge on any atom is -0.480 e. The van der Waals surface area contributed by atoms with E-state index in [4.69, 9.17) is 10.8 Å². The summed E-state index contributed by atoms with van der Waals surface area (Å²) in [4.78, 5) is 21.4. The molecule has 0 aliphatic rings. The molecule has 0 bridgehead atoms. The Morgan fingerprint density at radius 3 is 2.24 bits per heavy atom. The van der Waals surface area contributed by atoms with E-state index in [0.29, 0.717) is 17.8 Å². The topological polar surface area (TPSA) is 104 Å². The number of primary amides is 1. The van der Waals surface area contributed by atoms with Gasteiger partial charge < -0.3 is 21.5 Å². The van der Waals surface area contributed by atoms with Crippen LogP contribution in [0, 0.1) is 0 Å². The molecule has 1 aromatic carbocycles. The maximum absolute atomic E-state index is 10.8. The van der Waals surface area contributed by atoms with E-state index in [0.717, 1.165) is 0 Å². The van der Waals surface area contributed by atoms with Crippen LogP contribution in [-0.2, 0) is 4.79 Å². The average molecular weight is 237 g/mol. The van der Waals surface area contributed by atoms with Gasteiger partial charge in [-0.3, -0.25) is 0 Å². The Morgan fingerprint density at radius 2 is 1.82 bits per heavy atom. The first-order valence-electron chi connectivity index (χ1n) is 5.18. The standard InChI is InChI=1S/C11H15N3O3/c1-2-9(10(15)16)13-7-3-5-8(6-4-7)14-11(12)17/h3-6,9,13H,2H2,1H3,(H,15,16)(H3,12,14,17). The zero-order valence-corrected chi connectivity index (χ0v) is 9.43. The van der Waals surface area contributed by atoms with Gasteiger partial charge in [-0.15, -0.1) is 0 Å². The van der Waals surface area contributed by atoms with Crippen molar-refractivity contribution in [3.05, 3.63) is 24.3 Å². The van der Waals surface area contributed by atoms with Gasteiger partial charge in [0.25, 0.3) is 0 Å². The van der Waals surface area contributed by atoms with Crippen LogP contribution >= 0.6 is 0 Å². The number of benzene rings is 1. The summed E-state index contributed by atoms with van der Waals surface area (Å²) in [5.74, 6) is -0.896. The zero-order valence-electron chi connectivity index (χ0n) is 9.43. The number of carboxylic acids is 1. The number of aliphatic carboxylic acids is 1. The molecule has 0 aliphatic carbocycles. The van der Waals surface area contributed by atoms with E-state index in [-0.39, 0.29) is 0 Å². The first-order valence-corrected chi connectivity index (χ1v) is 5.18. The monoisotopic (exact) mass is 237 g/mol. The Hall–Kier alpha value is -2.24. The molecule has 1 atom stereocenters. The fraction of sp³-hybridized carbons (Fsp3) is 0.273. The van der Waals surface area contributed by atoms with Gasteiger partial charge in [0.1, 0.15) is 6.04 Å². The molecule has 17 heavy (non-hydrogen) atoms. The summed E-state index contributed by atoms with van der Waals surface area (Å²) >= 11 is 0. The molecule has 0 saturated heterocycles. The minimum atomic E-state index is -0.896. The Labute approximate surface area is 98.8 Å². The summed E-state index contributed by atoms with van der Waals surface area (Å²) < 4.78 is 0. The third-order valence-electron chi connectivity index (χ3n) is 2.20. The third kappa shape index (κ3) is 4.02. The molecule has 6 heteroatoms. The smallest absolute Gasteiger partial charge is 0.326 e. The van der Waals surface area contributed by atoms with Crippen molar-refractivity contribution in [3.8, 4) is 0 Å². The normalized spacial score (nSPS) is 11.6. The molecular formula is C11H15N3O3. The molecule has 0 fully saturated rings. The molecule has 0 heterocycles. The SMILES string of the molecule is CCC(Nc1ccc(NC(N)=O)cc1)C(=O)O. The van der Waals surface area contributed by atoms with E-state index < -0.39 is 18.0 Å². The number of amides is 2. The van der Waals surface area contributed by atoms with E-state index in [1.165, 1.54) is 0 Å². The Morgan fingerprint density at radius 1 is 1.29 bits per heavy atom. The van der Waals surface area contributed by atoms with E-state index in [1.807, 2.05) is 0 Å². The lowest BCUT2D eigenvalue weighted by atomic mass is 10.2. The predicted molar refractivity (Wildman–Crippen MR) is 65.0 cm³/mol. The fourth-order valence-electron chi connectivity index (χ4n) is 1.33.